The Labute approximate surface area is 222 Å². The van der Waals surface area contributed by atoms with Crippen molar-refractivity contribution in [1.29, 1.82) is 0 Å². The van der Waals surface area contributed by atoms with Crippen LogP contribution in [0.3, 0.4) is 0 Å². The molecule has 0 atom stereocenters. The van der Waals surface area contributed by atoms with Crippen LogP contribution >= 0.6 is 12.4 Å². The summed E-state index contributed by atoms with van der Waals surface area (Å²) in [5.41, 5.74) is 1.30. The molecule has 1 N–H and O–H groups in total. The maximum absolute atomic E-state index is 13.3. The smallest absolute Gasteiger partial charge is 0.257 e. The molecule has 0 radical (unpaired) electrons. The second kappa shape index (κ2) is 12.1. The number of rotatable bonds is 8. The van der Waals surface area contributed by atoms with Gasteiger partial charge >= 0.3 is 0 Å². The van der Waals surface area contributed by atoms with Gasteiger partial charge in [0.25, 0.3) is 5.91 Å². The molecule has 37 heavy (non-hydrogen) atoms. The van der Waals surface area contributed by atoms with E-state index in [0.717, 1.165) is 10.9 Å². The van der Waals surface area contributed by atoms with Crippen LogP contribution in [0, 0.1) is 0 Å². The largest absolute Gasteiger partial charge is 0.506 e. The Balaban J connectivity index is 0.00000380. The van der Waals surface area contributed by atoms with E-state index in [2.05, 4.69) is 4.90 Å². The van der Waals surface area contributed by atoms with E-state index in [1.54, 1.807) is 51.5 Å². The Morgan fingerprint density at radius 2 is 1.35 bits per heavy atom. The monoisotopic (exact) mass is 532 g/mol. The van der Waals surface area contributed by atoms with Gasteiger partial charge in [0, 0.05) is 38.1 Å². The Morgan fingerprint density at radius 3 is 1.89 bits per heavy atom. The van der Waals surface area contributed by atoms with Crippen LogP contribution in [0.4, 0.5) is 0 Å². The highest BCUT2D eigenvalue weighted by atomic mass is 35.5. The van der Waals surface area contributed by atoms with Gasteiger partial charge in [0.15, 0.2) is 23.0 Å². The van der Waals surface area contributed by atoms with Crippen molar-refractivity contribution < 1.29 is 33.6 Å². The lowest BCUT2D eigenvalue weighted by atomic mass is 10.0. The van der Waals surface area contributed by atoms with Crippen LogP contribution in [-0.2, 0) is 6.54 Å². The highest BCUT2D eigenvalue weighted by Gasteiger charge is 2.26. The van der Waals surface area contributed by atoms with Gasteiger partial charge in [-0.05, 0) is 41.3 Å². The number of carbonyl (C=O) groups is 1. The maximum Gasteiger partial charge on any atom is 0.257 e. The summed E-state index contributed by atoms with van der Waals surface area (Å²) in [5.74, 6) is 2.58. The topological polar surface area (TPSA) is 89.9 Å². The normalized spacial score (nSPS) is 13.6. The molecule has 1 aliphatic heterocycles. The van der Waals surface area contributed by atoms with Crippen molar-refractivity contribution in [2.45, 2.75) is 6.54 Å². The molecule has 3 aromatic carbocycles. The molecule has 0 saturated carbocycles. The van der Waals surface area contributed by atoms with E-state index in [9.17, 15) is 9.90 Å². The number of hydrogen-bond donors (Lipinski definition) is 1. The molecule has 0 spiro atoms. The standard InChI is InChI=1S/C27H32N2O7.ClH/c1-32-21-14-18-6-7-19(25(30)20(18)15-22(21)33-2)27(31)29-10-8-28(9-11-29)16-17-12-23(34-3)26(36-5)24(13-17)35-4;/h6-7,12-15,30H,8-11,16H2,1-5H3;1H. The van der Waals surface area contributed by atoms with Gasteiger partial charge in [0.05, 0.1) is 41.1 Å². The highest BCUT2D eigenvalue weighted by molar-refractivity contribution is 6.04. The first-order valence-electron chi connectivity index (χ1n) is 11.6. The molecule has 0 aliphatic carbocycles. The molecule has 200 valence electrons. The number of phenols is 1. The maximum atomic E-state index is 13.3. The number of piperazine rings is 1. The van der Waals surface area contributed by atoms with Gasteiger partial charge in [-0.25, -0.2) is 0 Å². The Morgan fingerprint density at radius 1 is 0.784 bits per heavy atom. The quantitative estimate of drug-likeness (QED) is 0.466. The number of amides is 1. The lowest BCUT2D eigenvalue weighted by molar-refractivity contribution is 0.0625. The second-order valence-corrected chi connectivity index (χ2v) is 8.49. The first-order valence-corrected chi connectivity index (χ1v) is 11.6. The van der Waals surface area contributed by atoms with E-state index in [1.807, 2.05) is 18.2 Å². The Kier molecular flexibility index (Phi) is 9.18. The fraction of sp³-hybridized carbons (Fsp3) is 0.370. The molecule has 3 aromatic rings. The van der Waals surface area contributed by atoms with Crippen molar-refractivity contribution in [3.8, 4) is 34.5 Å². The molecule has 1 amide bonds. The highest BCUT2D eigenvalue weighted by Crippen LogP contribution is 2.39. The third-order valence-corrected chi connectivity index (χ3v) is 6.52. The number of nitrogens with zero attached hydrogens (tertiary/aromatic N) is 2. The lowest BCUT2D eigenvalue weighted by Gasteiger charge is -2.35. The number of fused-ring (bicyclic) bond motifs is 1. The molecule has 1 heterocycles. The van der Waals surface area contributed by atoms with E-state index in [4.69, 9.17) is 23.7 Å². The number of halogens is 1. The number of phenolic OH excluding ortho intramolecular Hbond substituents is 1. The van der Waals surface area contributed by atoms with E-state index >= 15 is 0 Å². The molecule has 0 bridgehead atoms. The van der Waals surface area contributed by atoms with E-state index in [1.165, 1.54) is 7.11 Å². The molecule has 1 saturated heterocycles. The summed E-state index contributed by atoms with van der Waals surface area (Å²) in [7, 11) is 7.87. The zero-order valence-electron chi connectivity index (χ0n) is 21.7. The fourth-order valence-electron chi connectivity index (χ4n) is 4.57. The van der Waals surface area contributed by atoms with E-state index < -0.39 is 0 Å². The summed E-state index contributed by atoms with van der Waals surface area (Å²) in [5, 5.41) is 12.2. The van der Waals surface area contributed by atoms with Gasteiger partial charge in [-0.3, -0.25) is 9.69 Å². The van der Waals surface area contributed by atoms with Crippen molar-refractivity contribution >= 4 is 29.1 Å². The first-order chi connectivity index (χ1) is 17.4. The predicted octanol–water partition coefficient (Wildman–Crippen LogP) is 3.97. The van der Waals surface area contributed by atoms with E-state index in [0.29, 0.717) is 66.9 Å². The molecular weight excluding hydrogens is 500 g/mol. The van der Waals surface area contributed by atoms with Gasteiger partial charge in [-0.15, -0.1) is 12.4 Å². The van der Waals surface area contributed by atoms with Crippen molar-refractivity contribution in [2.75, 3.05) is 61.7 Å². The number of ether oxygens (including phenoxy) is 5. The van der Waals surface area contributed by atoms with Crippen molar-refractivity contribution in [1.82, 2.24) is 9.80 Å². The van der Waals surface area contributed by atoms with Gasteiger partial charge in [0.2, 0.25) is 5.75 Å². The zero-order chi connectivity index (χ0) is 25.8. The fourth-order valence-corrected chi connectivity index (χ4v) is 4.57. The van der Waals surface area contributed by atoms with Crippen LogP contribution in [-0.4, -0.2) is 82.5 Å². The van der Waals surface area contributed by atoms with Gasteiger partial charge in [-0.2, -0.15) is 0 Å². The number of methoxy groups -OCH3 is 5. The van der Waals surface area contributed by atoms with Gasteiger partial charge < -0.3 is 33.7 Å². The minimum atomic E-state index is -0.198. The van der Waals surface area contributed by atoms with Crippen LogP contribution in [0.25, 0.3) is 10.8 Å². The number of hydrogen-bond acceptors (Lipinski definition) is 8. The third-order valence-electron chi connectivity index (χ3n) is 6.52. The molecule has 0 unspecified atom stereocenters. The summed E-state index contributed by atoms with van der Waals surface area (Å²) in [6.07, 6.45) is 0. The minimum absolute atomic E-state index is 0. The van der Waals surface area contributed by atoms with Crippen LogP contribution < -0.4 is 23.7 Å². The lowest BCUT2D eigenvalue weighted by Crippen LogP contribution is -2.48. The zero-order valence-corrected chi connectivity index (χ0v) is 22.5. The molecule has 0 aromatic heterocycles. The summed E-state index contributed by atoms with van der Waals surface area (Å²) < 4.78 is 27.0. The second-order valence-electron chi connectivity index (χ2n) is 8.49. The molecule has 9 nitrogen and oxygen atoms in total. The van der Waals surface area contributed by atoms with Crippen molar-refractivity contribution in [3.05, 3.63) is 47.5 Å². The summed E-state index contributed by atoms with van der Waals surface area (Å²) >= 11 is 0. The van der Waals surface area contributed by atoms with Crippen LogP contribution in [0.1, 0.15) is 15.9 Å². The number of carbonyl (C=O) groups excluding carboxylic acids is 1. The van der Waals surface area contributed by atoms with Crippen molar-refractivity contribution in [2.24, 2.45) is 0 Å². The van der Waals surface area contributed by atoms with E-state index in [-0.39, 0.29) is 29.6 Å². The summed E-state index contributed by atoms with van der Waals surface area (Å²) in [6.45, 7) is 3.17. The van der Waals surface area contributed by atoms with Crippen LogP contribution in [0.5, 0.6) is 34.5 Å². The first kappa shape index (κ1) is 28.0. The average Bonchev–Trinajstić information content (AvgIpc) is 2.92. The molecule has 1 fully saturated rings. The molecule has 4 rings (SSSR count). The Hall–Kier alpha value is -3.56. The predicted molar refractivity (Wildman–Crippen MR) is 143 cm³/mol. The van der Waals surface area contributed by atoms with Gasteiger partial charge in [0.1, 0.15) is 5.75 Å². The van der Waals surface area contributed by atoms with Crippen molar-refractivity contribution in [3.63, 3.8) is 0 Å². The van der Waals surface area contributed by atoms with Gasteiger partial charge in [-0.1, -0.05) is 6.07 Å². The molecule has 10 heteroatoms. The summed E-state index contributed by atoms with van der Waals surface area (Å²) in [6, 6.07) is 10.8. The SMILES string of the molecule is COc1cc2ccc(C(=O)N3CCN(Cc4cc(OC)c(OC)c(OC)c4)CC3)c(O)c2cc1OC.Cl. The third kappa shape index (κ3) is 5.57. The van der Waals surface area contributed by atoms with Crippen LogP contribution in [0.15, 0.2) is 36.4 Å². The summed E-state index contributed by atoms with van der Waals surface area (Å²) in [4.78, 5) is 17.3. The number of benzene rings is 3. The van der Waals surface area contributed by atoms with Crippen LogP contribution in [0.2, 0.25) is 0 Å². The minimum Gasteiger partial charge on any atom is -0.506 e. The Bertz CT molecular complexity index is 1230. The number of aromatic hydroxyl groups is 1. The molecule has 1 aliphatic rings. The molecular formula is C27H33ClN2O7. The average molecular weight is 533 g/mol.